The lowest BCUT2D eigenvalue weighted by Gasteiger charge is -2.04. The monoisotopic (exact) mass is 233 g/mol. The number of carboxylic acid groups (broad SMARTS) is 1. The van der Waals surface area contributed by atoms with Gasteiger partial charge in [-0.25, -0.2) is 9.78 Å². The molecule has 2 rings (SSSR count). The van der Waals surface area contributed by atoms with Crippen molar-refractivity contribution in [2.45, 2.75) is 0 Å². The van der Waals surface area contributed by atoms with Gasteiger partial charge in [-0.05, 0) is 12.1 Å². The average molecular weight is 233 g/mol. The van der Waals surface area contributed by atoms with E-state index in [-0.39, 0.29) is 17.1 Å². The maximum absolute atomic E-state index is 11.6. The minimum absolute atomic E-state index is 0.0604. The van der Waals surface area contributed by atoms with Gasteiger partial charge in [-0.2, -0.15) is 0 Å². The zero-order valence-electron chi connectivity index (χ0n) is 8.45. The number of hydrogen-bond donors (Lipinski definition) is 2. The van der Waals surface area contributed by atoms with Gasteiger partial charge in [0.1, 0.15) is 6.26 Å². The van der Waals surface area contributed by atoms with E-state index < -0.39 is 11.9 Å². The summed E-state index contributed by atoms with van der Waals surface area (Å²) < 4.78 is 4.51. The van der Waals surface area contributed by atoms with Gasteiger partial charge in [0.2, 0.25) is 0 Å². The molecule has 2 heterocycles. The molecule has 2 aromatic heterocycles. The van der Waals surface area contributed by atoms with E-state index in [0.717, 1.165) is 0 Å². The average Bonchev–Trinajstić information content (AvgIpc) is 2.83. The Kier molecular flexibility index (Phi) is 2.82. The number of nitrogens with zero attached hydrogens (tertiary/aromatic N) is 2. The third kappa shape index (κ3) is 2.28. The van der Waals surface area contributed by atoms with Gasteiger partial charge in [0, 0.05) is 12.3 Å². The Morgan fingerprint density at radius 3 is 2.82 bits per heavy atom. The van der Waals surface area contributed by atoms with Gasteiger partial charge in [-0.1, -0.05) is 5.16 Å². The number of nitrogens with one attached hydrogen (secondary N) is 1. The third-order valence-electron chi connectivity index (χ3n) is 1.93. The highest BCUT2D eigenvalue weighted by atomic mass is 16.5. The van der Waals surface area contributed by atoms with Crippen molar-refractivity contribution >= 4 is 17.6 Å². The minimum Gasteiger partial charge on any atom is -0.476 e. The van der Waals surface area contributed by atoms with Crippen LogP contribution in [0.3, 0.4) is 0 Å². The Morgan fingerprint density at radius 1 is 1.35 bits per heavy atom. The molecule has 0 spiro atoms. The minimum atomic E-state index is -1.22. The fourth-order valence-electron chi connectivity index (χ4n) is 1.19. The molecule has 2 N–H and O–H groups in total. The van der Waals surface area contributed by atoms with Crippen LogP contribution in [0.4, 0.5) is 5.69 Å². The molecule has 17 heavy (non-hydrogen) atoms. The van der Waals surface area contributed by atoms with Crippen LogP contribution in [0.2, 0.25) is 0 Å². The quantitative estimate of drug-likeness (QED) is 0.819. The summed E-state index contributed by atoms with van der Waals surface area (Å²) in [6.45, 7) is 0. The lowest BCUT2D eigenvalue weighted by molar-refractivity contribution is 0.0692. The third-order valence-corrected chi connectivity index (χ3v) is 1.93. The van der Waals surface area contributed by atoms with E-state index in [1.807, 2.05) is 0 Å². The van der Waals surface area contributed by atoms with Gasteiger partial charge in [0.25, 0.3) is 5.91 Å². The molecule has 0 aliphatic carbocycles. The Labute approximate surface area is 95.1 Å². The van der Waals surface area contributed by atoms with Crippen molar-refractivity contribution in [2.24, 2.45) is 0 Å². The van der Waals surface area contributed by atoms with Crippen LogP contribution in [0.15, 0.2) is 35.2 Å². The van der Waals surface area contributed by atoms with Crippen molar-refractivity contribution in [3.8, 4) is 0 Å². The summed E-state index contributed by atoms with van der Waals surface area (Å²) in [5.74, 6) is -1.78. The Morgan fingerprint density at radius 2 is 2.18 bits per heavy atom. The van der Waals surface area contributed by atoms with Crippen LogP contribution in [0.1, 0.15) is 21.0 Å². The van der Waals surface area contributed by atoms with E-state index >= 15 is 0 Å². The number of aromatic nitrogens is 2. The standard InChI is InChI=1S/C10H7N3O4/c14-9(7-3-5-17-13-7)12-6-2-1-4-11-8(6)10(15)16/h1-5H,(H,12,14)(H,15,16). The fourth-order valence-corrected chi connectivity index (χ4v) is 1.19. The van der Waals surface area contributed by atoms with Gasteiger partial charge in [-0.3, -0.25) is 4.79 Å². The first-order valence-electron chi connectivity index (χ1n) is 4.58. The summed E-state index contributed by atoms with van der Waals surface area (Å²) in [4.78, 5) is 26.1. The molecular weight excluding hydrogens is 226 g/mol. The number of carbonyl (C=O) groups excluding carboxylic acids is 1. The lowest BCUT2D eigenvalue weighted by Crippen LogP contribution is -2.15. The van der Waals surface area contributed by atoms with Gasteiger partial charge in [-0.15, -0.1) is 0 Å². The van der Waals surface area contributed by atoms with Gasteiger partial charge in [0.15, 0.2) is 11.4 Å². The zero-order valence-corrected chi connectivity index (χ0v) is 8.45. The van der Waals surface area contributed by atoms with E-state index in [1.54, 1.807) is 0 Å². The van der Waals surface area contributed by atoms with Crippen molar-refractivity contribution in [1.29, 1.82) is 0 Å². The van der Waals surface area contributed by atoms with E-state index in [2.05, 4.69) is 20.0 Å². The molecule has 0 fully saturated rings. The molecule has 0 aromatic carbocycles. The summed E-state index contributed by atoms with van der Waals surface area (Å²) in [5.41, 5.74) is -0.0671. The molecule has 0 saturated carbocycles. The van der Waals surface area contributed by atoms with Crippen molar-refractivity contribution in [2.75, 3.05) is 5.32 Å². The molecule has 0 aliphatic rings. The number of amides is 1. The van der Waals surface area contributed by atoms with Crippen molar-refractivity contribution < 1.29 is 19.2 Å². The van der Waals surface area contributed by atoms with E-state index in [9.17, 15) is 9.59 Å². The molecule has 7 nitrogen and oxygen atoms in total. The second kappa shape index (κ2) is 4.44. The molecule has 2 aromatic rings. The fraction of sp³-hybridized carbons (Fsp3) is 0. The van der Waals surface area contributed by atoms with Gasteiger partial charge >= 0.3 is 5.97 Å². The van der Waals surface area contributed by atoms with Crippen molar-refractivity contribution in [1.82, 2.24) is 10.1 Å². The normalized spacial score (nSPS) is 9.88. The topological polar surface area (TPSA) is 105 Å². The summed E-state index contributed by atoms with van der Waals surface area (Å²) in [6.07, 6.45) is 2.57. The molecule has 0 atom stereocenters. The molecule has 0 radical (unpaired) electrons. The predicted molar refractivity (Wildman–Crippen MR) is 55.7 cm³/mol. The number of aromatic carboxylic acids is 1. The summed E-state index contributed by atoms with van der Waals surface area (Å²) >= 11 is 0. The van der Waals surface area contributed by atoms with Crippen LogP contribution < -0.4 is 5.32 Å². The van der Waals surface area contributed by atoms with Crippen LogP contribution in [0.25, 0.3) is 0 Å². The molecule has 86 valence electrons. The first-order chi connectivity index (χ1) is 8.18. The molecule has 0 unspecified atom stereocenters. The van der Waals surface area contributed by atoms with Crippen LogP contribution in [0.5, 0.6) is 0 Å². The summed E-state index contributed by atoms with van der Waals surface area (Å²) in [7, 11) is 0. The number of rotatable bonds is 3. The first-order valence-corrected chi connectivity index (χ1v) is 4.58. The molecule has 0 bridgehead atoms. The highest BCUT2D eigenvalue weighted by molar-refractivity contribution is 6.05. The van der Waals surface area contributed by atoms with Crippen LogP contribution in [-0.2, 0) is 0 Å². The predicted octanol–water partition coefficient (Wildman–Crippen LogP) is 1.02. The Hall–Kier alpha value is -2.70. The number of carboxylic acids is 1. The van der Waals surface area contributed by atoms with Crippen molar-refractivity contribution in [3.63, 3.8) is 0 Å². The second-order valence-corrected chi connectivity index (χ2v) is 3.04. The molecule has 7 heteroatoms. The van der Waals surface area contributed by atoms with Gasteiger partial charge < -0.3 is 14.9 Å². The summed E-state index contributed by atoms with van der Waals surface area (Å²) in [6, 6.07) is 4.32. The van der Waals surface area contributed by atoms with Crippen LogP contribution >= 0.6 is 0 Å². The van der Waals surface area contributed by atoms with Crippen LogP contribution in [0, 0.1) is 0 Å². The first kappa shape index (κ1) is 10.8. The highest BCUT2D eigenvalue weighted by Crippen LogP contribution is 2.13. The zero-order chi connectivity index (χ0) is 12.3. The maximum atomic E-state index is 11.6. The highest BCUT2D eigenvalue weighted by Gasteiger charge is 2.15. The number of pyridine rings is 1. The largest absolute Gasteiger partial charge is 0.476 e. The van der Waals surface area contributed by atoms with E-state index in [1.165, 1.54) is 30.7 Å². The number of hydrogen-bond acceptors (Lipinski definition) is 5. The van der Waals surface area contributed by atoms with Gasteiger partial charge in [0.05, 0.1) is 5.69 Å². The Bertz CT molecular complexity index is 550. The maximum Gasteiger partial charge on any atom is 0.356 e. The van der Waals surface area contributed by atoms with Crippen LogP contribution in [-0.4, -0.2) is 27.1 Å². The molecule has 0 aliphatic heterocycles. The lowest BCUT2D eigenvalue weighted by atomic mass is 10.3. The smallest absolute Gasteiger partial charge is 0.356 e. The van der Waals surface area contributed by atoms with Crippen molar-refractivity contribution in [3.05, 3.63) is 42.0 Å². The second-order valence-electron chi connectivity index (χ2n) is 3.04. The molecular formula is C10H7N3O4. The molecule has 1 amide bonds. The van der Waals surface area contributed by atoms with E-state index in [0.29, 0.717) is 0 Å². The SMILES string of the molecule is O=C(Nc1cccnc1C(=O)O)c1ccon1. The van der Waals surface area contributed by atoms with E-state index in [4.69, 9.17) is 5.11 Å². The summed E-state index contributed by atoms with van der Waals surface area (Å²) in [5, 5.41) is 14.7. The Balaban J connectivity index is 2.25. The number of carbonyl (C=O) groups is 2. The molecule has 0 saturated heterocycles. The number of anilines is 1.